The average Bonchev–Trinajstić information content (AvgIpc) is 3.05. The maximum Gasteiger partial charge on any atom is 0.417 e. The van der Waals surface area contributed by atoms with Gasteiger partial charge in [0.2, 0.25) is 0 Å². The molecule has 2 heterocycles. The predicted octanol–water partition coefficient (Wildman–Crippen LogP) is 4.96. The number of benzene rings is 2. The van der Waals surface area contributed by atoms with E-state index in [4.69, 9.17) is 0 Å². The lowest BCUT2D eigenvalue weighted by atomic mass is 10.2. The fourth-order valence-corrected chi connectivity index (χ4v) is 3.42. The highest BCUT2D eigenvalue weighted by Crippen LogP contribution is 2.38. The molecule has 0 saturated carbocycles. The Morgan fingerprint density at radius 1 is 0.808 bits per heavy atom. The molecule has 0 amide bonds. The van der Waals surface area contributed by atoms with Crippen LogP contribution in [0.5, 0.6) is 0 Å². The molecule has 0 unspecified atom stereocenters. The summed E-state index contributed by atoms with van der Waals surface area (Å²) in [5, 5.41) is 13.0. The molecule has 0 aliphatic carbocycles. The summed E-state index contributed by atoms with van der Waals surface area (Å²) in [7, 11) is 0. The second-order valence-corrected chi connectivity index (χ2v) is 6.49. The van der Waals surface area contributed by atoms with Gasteiger partial charge in [0.1, 0.15) is 5.03 Å². The number of hydrogen-bond acceptors (Lipinski definition) is 4. The Balaban J connectivity index is 1.75. The lowest BCUT2D eigenvalue weighted by Gasteiger charge is -2.11. The van der Waals surface area contributed by atoms with E-state index in [1.807, 2.05) is 30.3 Å². The molecule has 0 aliphatic rings. The lowest BCUT2D eigenvalue weighted by molar-refractivity contribution is -0.139. The van der Waals surface area contributed by atoms with Crippen molar-refractivity contribution in [2.24, 2.45) is 0 Å². The Kier molecular flexibility index (Phi) is 4.12. The van der Waals surface area contributed by atoms with Crippen LogP contribution in [0, 0.1) is 0 Å². The minimum atomic E-state index is -4.42. The number of hydrogen-bond donors (Lipinski definition) is 0. The van der Waals surface area contributed by atoms with Gasteiger partial charge in [0.05, 0.1) is 5.56 Å². The largest absolute Gasteiger partial charge is 0.417 e. The number of alkyl halides is 3. The van der Waals surface area contributed by atoms with E-state index in [9.17, 15) is 13.2 Å². The van der Waals surface area contributed by atoms with Crippen LogP contribution in [0.3, 0.4) is 0 Å². The summed E-state index contributed by atoms with van der Waals surface area (Å²) < 4.78 is 41.1. The minimum Gasteiger partial charge on any atom is -0.192 e. The molecular formula is C18H11F3N4S. The van der Waals surface area contributed by atoms with Gasteiger partial charge in [0, 0.05) is 10.5 Å². The highest BCUT2D eigenvalue weighted by molar-refractivity contribution is 7.99. The van der Waals surface area contributed by atoms with Crippen LogP contribution in [-0.4, -0.2) is 19.8 Å². The standard InChI is InChI=1S/C18H11F3N4S/c19-18(20,21)13-8-4-5-9-14(13)26-16-11-10-15-22-23-17(25(15)24-16)12-6-2-1-3-7-12/h1-11H. The molecular weight excluding hydrogens is 361 g/mol. The lowest BCUT2D eigenvalue weighted by Crippen LogP contribution is -2.06. The van der Waals surface area contributed by atoms with Crippen molar-refractivity contribution in [2.75, 3.05) is 0 Å². The molecule has 0 atom stereocenters. The van der Waals surface area contributed by atoms with Crippen molar-refractivity contribution in [1.82, 2.24) is 19.8 Å². The van der Waals surface area contributed by atoms with E-state index < -0.39 is 11.7 Å². The number of nitrogens with zero attached hydrogens (tertiary/aromatic N) is 4. The highest BCUT2D eigenvalue weighted by Gasteiger charge is 2.33. The predicted molar refractivity (Wildman–Crippen MR) is 91.8 cm³/mol. The molecule has 0 N–H and O–H groups in total. The maximum absolute atomic E-state index is 13.2. The Hall–Kier alpha value is -2.87. The van der Waals surface area contributed by atoms with E-state index in [1.54, 1.807) is 18.2 Å². The first kappa shape index (κ1) is 16.6. The van der Waals surface area contributed by atoms with E-state index in [0.717, 1.165) is 23.4 Å². The van der Waals surface area contributed by atoms with E-state index in [1.165, 1.54) is 16.6 Å². The molecule has 2 aromatic carbocycles. The summed E-state index contributed by atoms with van der Waals surface area (Å²) in [5.74, 6) is 0.534. The molecule has 130 valence electrons. The smallest absolute Gasteiger partial charge is 0.192 e. The number of fused-ring (bicyclic) bond motifs is 1. The molecule has 0 bridgehead atoms. The van der Waals surface area contributed by atoms with Gasteiger partial charge in [0.25, 0.3) is 0 Å². The van der Waals surface area contributed by atoms with Gasteiger partial charge in [-0.3, -0.25) is 0 Å². The Labute approximate surface area is 150 Å². The summed E-state index contributed by atoms with van der Waals surface area (Å²) in [4.78, 5) is 0.0983. The number of aromatic nitrogens is 4. The molecule has 0 aliphatic heterocycles. The quantitative estimate of drug-likeness (QED) is 0.510. The number of halogens is 3. The van der Waals surface area contributed by atoms with Crippen LogP contribution in [0.25, 0.3) is 17.0 Å². The molecule has 4 nitrogen and oxygen atoms in total. The first-order chi connectivity index (χ1) is 12.5. The molecule has 2 aromatic heterocycles. The van der Waals surface area contributed by atoms with Gasteiger partial charge in [-0.05, 0) is 24.3 Å². The Bertz CT molecular complexity index is 1060. The first-order valence-electron chi connectivity index (χ1n) is 7.64. The van der Waals surface area contributed by atoms with Gasteiger partial charge in [-0.15, -0.1) is 10.2 Å². The zero-order chi connectivity index (χ0) is 18.1. The third kappa shape index (κ3) is 3.15. The summed E-state index contributed by atoms with van der Waals surface area (Å²) in [6.07, 6.45) is -4.42. The van der Waals surface area contributed by atoms with Crippen molar-refractivity contribution in [3.05, 3.63) is 72.3 Å². The van der Waals surface area contributed by atoms with Gasteiger partial charge >= 0.3 is 6.18 Å². The van der Waals surface area contributed by atoms with Crippen molar-refractivity contribution in [3.8, 4) is 11.4 Å². The SMILES string of the molecule is FC(F)(F)c1ccccc1Sc1ccc2nnc(-c3ccccc3)n2n1. The van der Waals surface area contributed by atoms with Gasteiger partial charge in [-0.1, -0.05) is 54.2 Å². The van der Waals surface area contributed by atoms with Crippen LogP contribution in [0.2, 0.25) is 0 Å². The molecule has 4 rings (SSSR count). The van der Waals surface area contributed by atoms with Gasteiger partial charge in [0.15, 0.2) is 11.5 Å². The summed E-state index contributed by atoms with van der Waals surface area (Å²) in [6.45, 7) is 0. The normalized spacial score (nSPS) is 11.8. The van der Waals surface area contributed by atoms with Gasteiger partial charge < -0.3 is 0 Å². The fourth-order valence-electron chi connectivity index (χ4n) is 2.50. The zero-order valence-electron chi connectivity index (χ0n) is 13.2. The summed E-state index contributed by atoms with van der Waals surface area (Å²) >= 11 is 0.956. The molecule has 0 spiro atoms. The van der Waals surface area contributed by atoms with E-state index in [0.29, 0.717) is 16.5 Å². The van der Waals surface area contributed by atoms with Crippen molar-refractivity contribution in [3.63, 3.8) is 0 Å². The summed E-state index contributed by atoms with van der Waals surface area (Å²) in [5.41, 5.74) is 0.668. The molecule has 8 heteroatoms. The van der Waals surface area contributed by atoms with Crippen molar-refractivity contribution >= 4 is 17.4 Å². The van der Waals surface area contributed by atoms with Crippen molar-refractivity contribution in [2.45, 2.75) is 16.1 Å². The molecule has 0 saturated heterocycles. The van der Waals surface area contributed by atoms with Crippen molar-refractivity contribution in [1.29, 1.82) is 0 Å². The van der Waals surface area contributed by atoms with Crippen LogP contribution in [0.1, 0.15) is 5.56 Å². The summed E-state index contributed by atoms with van der Waals surface area (Å²) in [6, 6.07) is 18.1. The second kappa shape index (κ2) is 6.45. The maximum atomic E-state index is 13.2. The van der Waals surface area contributed by atoms with Crippen LogP contribution in [-0.2, 0) is 6.18 Å². The van der Waals surface area contributed by atoms with Crippen LogP contribution >= 0.6 is 11.8 Å². The Morgan fingerprint density at radius 3 is 2.31 bits per heavy atom. The van der Waals surface area contributed by atoms with Crippen molar-refractivity contribution < 1.29 is 13.2 Å². The third-order valence-electron chi connectivity index (χ3n) is 3.68. The van der Waals surface area contributed by atoms with E-state index in [2.05, 4.69) is 15.3 Å². The molecule has 26 heavy (non-hydrogen) atoms. The van der Waals surface area contributed by atoms with Gasteiger partial charge in [-0.25, -0.2) is 0 Å². The third-order valence-corrected chi connectivity index (χ3v) is 4.68. The second-order valence-electron chi connectivity index (χ2n) is 5.43. The molecule has 0 radical (unpaired) electrons. The van der Waals surface area contributed by atoms with Gasteiger partial charge in [-0.2, -0.15) is 22.8 Å². The average molecular weight is 372 g/mol. The van der Waals surface area contributed by atoms with E-state index in [-0.39, 0.29) is 4.90 Å². The van der Waals surface area contributed by atoms with E-state index >= 15 is 0 Å². The molecule has 0 fully saturated rings. The Morgan fingerprint density at radius 2 is 1.54 bits per heavy atom. The molecule has 4 aromatic rings. The monoisotopic (exact) mass is 372 g/mol. The van der Waals surface area contributed by atoms with Crippen LogP contribution in [0.15, 0.2) is 76.7 Å². The minimum absolute atomic E-state index is 0.0983. The van der Waals surface area contributed by atoms with Crippen LogP contribution in [0.4, 0.5) is 13.2 Å². The topological polar surface area (TPSA) is 43.1 Å². The fraction of sp³-hybridized carbons (Fsp3) is 0.0556. The first-order valence-corrected chi connectivity index (χ1v) is 8.46. The number of rotatable bonds is 3. The van der Waals surface area contributed by atoms with Crippen LogP contribution < -0.4 is 0 Å². The zero-order valence-corrected chi connectivity index (χ0v) is 14.0. The highest BCUT2D eigenvalue weighted by atomic mass is 32.2.